The Hall–Kier alpha value is -3.86. The third kappa shape index (κ3) is 7.34. The molecule has 0 amide bonds. The zero-order valence-electron chi connectivity index (χ0n) is 21.1. The minimum Gasteiger partial charge on any atom is -0.492 e. The molecule has 4 aromatic rings. The number of carbonyl (C=O) groups is 2. The molecule has 1 heterocycles. The molecule has 0 saturated heterocycles. The number of likely N-dealkylation sites (N-methyl/N-ethyl adjacent to an activating group) is 1. The van der Waals surface area contributed by atoms with E-state index in [1.807, 2.05) is 72.6 Å². The minimum absolute atomic E-state index is 0.180. The molecule has 196 valence electrons. The van der Waals surface area contributed by atoms with E-state index in [2.05, 4.69) is 32.9 Å². The highest BCUT2D eigenvalue weighted by Crippen LogP contribution is 2.21. The molecule has 8 nitrogen and oxygen atoms in total. The molecule has 0 spiro atoms. The third-order valence-electron chi connectivity index (χ3n) is 5.82. The lowest BCUT2D eigenvalue weighted by Crippen LogP contribution is -2.37. The Balaban J connectivity index is 1.29. The van der Waals surface area contributed by atoms with Crippen LogP contribution >= 0.6 is 22.6 Å². The van der Waals surface area contributed by atoms with E-state index in [9.17, 15) is 14.7 Å². The number of nitrogens with zero attached hydrogens (tertiary/aromatic N) is 2. The summed E-state index contributed by atoms with van der Waals surface area (Å²) in [4.78, 5) is 30.7. The van der Waals surface area contributed by atoms with Crippen LogP contribution in [0.5, 0.6) is 5.75 Å². The molecule has 0 unspecified atom stereocenters. The van der Waals surface area contributed by atoms with Gasteiger partial charge in [0, 0.05) is 34.4 Å². The number of allylic oxidation sites excluding steroid dienone is 2. The first-order valence-electron chi connectivity index (χ1n) is 12.0. The summed E-state index contributed by atoms with van der Waals surface area (Å²) in [7, 11) is 1.89. The smallest absolute Gasteiger partial charge is 0.326 e. The standard InChI is InChI=1S/C29H28IN3O5/c1-19(16-26(34)21-6-5-7-22(30)18-21)31-25(28(35)36)17-20-10-12-23(13-11-20)37-15-14-33(2)29-32-24-8-3-4-9-27(24)38-29/h3-13,16,18,25,31H,14-15,17H2,1-2H3,(H,35,36)/t25-/m0/s1. The molecular formula is C29H28IN3O5. The van der Waals surface area contributed by atoms with Crippen LogP contribution in [0.25, 0.3) is 11.1 Å². The zero-order valence-corrected chi connectivity index (χ0v) is 23.2. The SMILES string of the molecule is CC(=CC(=O)c1cccc(I)c1)N[C@@H](Cc1ccc(OCCN(C)c2nc3ccccc3o2)cc1)C(=O)O. The van der Waals surface area contributed by atoms with Crippen LogP contribution in [0.2, 0.25) is 0 Å². The van der Waals surface area contributed by atoms with E-state index in [4.69, 9.17) is 9.15 Å². The van der Waals surface area contributed by atoms with Crippen molar-refractivity contribution in [3.05, 3.63) is 99.3 Å². The molecule has 38 heavy (non-hydrogen) atoms. The lowest BCUT2D eigenvalue weighted by molar-refractivity contribution is -0.139. The van der Waals surface area contributed by atoms with Gasteiger partial charge < -0.3 is 24.5 Å². The highest BCUT2D eigenvalue weighted by Gasteiger charge is 2.18. The van der Waals surface area contributed by atoms with E-state index in [1.54, 1.807) is 19.1 Å². The van der Waals surface area contributed by atoms with Gasteiger partial charge in [-0.1, -0.05) is 36.4 Å². The maximum absolute atomic E-state index is 12.5. The van der Waals surface area contributed by atoms with Gasteiger partial charge in [0.25, 0.3) is 6.01 Å². The Bertz CT molecular complexity index is 1420. The molecule has 0 radical (unpaired) electrons. The van der Waals surface area contributed by atoms with Crippen molar-refractivity contribution >= 4 is 51.5 Å². The number of hydrogen-bond acceptors (Lipinski definition) is 7. The molecule has 0 saturated carbocycles. The number of rotatable bonds is 12. The monoisotopic (exact) mass is 625 g/mol. The maximum atomic E-state index is 12.5. The van der Waals surface area contributed by atoms with Crippen molar-refractivity contribution in [3.8, 4) is 5.75 Å². The summed E-state index contributed by atoms with van der Waals surface area (Å²) in [5.74, 6) is -0.498. The highest BCUT2D eigenvalue weighted by molar-refractivity contribution is 14.1. The lowest BCUT2D eigenvalue weighted by Gasteiger charge is -2.17. The number of halogens is 1. The topological polar surface area (TPSA) is 105 Å². The number of ether oxygens (including phenoxy) is 1. The predicted molar refractivity (Wildman–Crippen MR) is 155 cm³/mol. The average molecular weight is 625 g/mol. The molecule has 0 aliphatic heterocycles. The number of hydrogen-bond donors (Lipinski definition) is 2. The summed E-state index contributed by atoms with van der Waals surface area (Å²) in [6, 6.07) is 21.8. The molecule has 3 aromatic carbocycles. The van der Waals surface area contributed by atoms with Crippen molar-refractivity contribution < 1.29 is 23.8 Å². The number of carboxylic acid groups (broad SMARTS) is 1. The van der Waals surface area contributed by atoms with Crippen LogP contribution in [-0.4, -0.2) is 48.1 Å². The first kappa shape index (κ1) is 27.2. The average Bonchev–Trinajstić information content (AvgIpc) is 3.34. The Labute approximate surface area is 234 Å². The summed E-state index contributed by atoms with van der Waals surface area (Å²) >= 11 is 2.15. The Morgan fingerprint density at radius 1 is 1.13 bits per heavy atom. The van der Waals surface area contributed by atoms with Gasteiger partial charge in [-0.25, -0.2) is 4.79 Å². The molecular weight excluding hydrogens is 597 g/mol. The predicted octanol–water partition coefficient (Wildman–Crippen LogP) is 5.32. The van der Waals surface area contributed by atoms with Gasteiger partial charge in [-0.15, -0.1) is 0 Å². The third-order valence-corrected chi connectivity index (χ3v) is 6.50. The lowest BCUT2D eigenvalue weighted by atomic mass is 10.1. The molecule has 9 heteroatoms. The van der Waals surface area contributed by atoms with Gasteiger partial charge >= 0.3 is 5.97 Å². The molecule has 2 N–H and O–H groups in total. The zero-order chi connectivity index (χ0) is 27.1. The minimum atomic E-state index is -0.998. The fourth-order valence-electron chi connectivity index (χ4n) is 3.82. The van der Waals surface area contributed by atoms with Crippen LogP contribution in [0.3, 0.4) is 0 Å². The van der Waals surface area contributed by atoms with E-state index in [0.717, 1.165) is 20.2 Å². The van der Waals surface area contributed by atoms with Crippen LogP contribution in [0, 0.1) is 3.57 Å². The number of aromatic nitrogens is 1. The van der Waals surface area contributed by atoms with Gasteiger partial charge in [-0.3, -0.25) is 4.79 Å². The molecule has 0 aliphatic carbocycles. The number of carboxylic acids is 1. The van der Waals surface area contributed by atoms with Crippen LogP contribution in [-0.2, 0) is 11.2 Å². The van der Waals surface area contributed by atoms with Gasteiger partial charge in [0.15, 0.2) is 11.4 Å². The summed E-state index contributed by atoms with van der Waals surface area (Å²) in [5.41, 5.74) is 3.42. The van der Waals surface area contributed by atoms with E-state index in [1.165, 1.54) is 6.08 Å². The second-order valence-corrected chi connectivity index (χ2v) is 10.1. The Morgan fingerprint density at radius 3 is 2.61 bits per heavy atom. The number of carbonyl (C=O) groups excluding carboxylic acids is 1. The number of nitrogens with one attached hydrogen (secondary N) is 1. The van der Waals surface area contributed by atoms with Crippen molar-refractivity contribution in [1.29, 1.82) is 0 Å². The summed E-state index contributed by atoms with van der Waals surface area (Å²) in [5, 5.41) is 12.7. The number of aliphatic carboxylic acids is 1. The normalized spacial score (nSPS) is 12.2. The van der Waals surface area contributed by atoms with Crippen molar-refractivity contribution in [3.63, 3.8) is 0 Å². The fraction of sp³-hybridized carbons (Fsp3) is 0.207. The van der Waals surface area contributed by atoms with Gasteiger partial charge in [-0.2, -0.15) is 4.98 Å². The van der Waals surface area contributed by atoms with Gasteiger partial charge in [-0.05, 0) is 71.5 Å². The van der Waals surface area contributed by atoms with E-state index in [0.29, 0.717) is 36.2 Å². The van der Waals surface area contributed by atoms with E-state index < -0.39 is 12.0 Å². The van der Waals surface area contributed by atoms with Gasteiger partial charge in [0.2, 0.25) is 0 Å². The quantitative estimate of drug-likeness (QED) is 0.124. The van der Waals surface area contributed by atoms with E-state index >= 15 is 0 Å². The van der Waals surface area contributed by atoms with Gasteiger partial charge in [0.1, 0.15) is 23.9 Å². The largest absolute Gasteiger partial charge is 0.492 e. The van der Waals surface area contributed by atoms with Crippen molar-refractivity contribution in [2.45, 2.75) is 19.4 Å². The molecule has 0 bridgehead atoms. The van der Waals surface area contributed by atoms with Crippen LogP contribution in [0.1, 0.15) is 22.8 Å². The molecule has 0 fully saturated rings. The number of anilines is 1. The Morgan fingerprint density at radius 2 is 1.89 bits per heavy atom. The van der Waals surface area contributed by atoms with Crippen LogP contribution in [0.4, 0.5) is 6.01 Å². The number of benzene rings is 3. The number of oxazole rings is 1. The maximum Gasteiger partial charge on any atom is 0.326 e. The Kier molecular flexibility index (Phi) is 9.01. The summed E-state index contributed by atoms with van der Waals surface area (Å²) in [6.07, 6.45) is 1.68. The molecule has 4 rings (SSSR count). The van der Waals surface area contributed by atoms with Crippen molar-refractivity contribution in [2.75, 3.05) is 25.1 Å². The number of ketones is 1. The summed E-state index contributed by atoms with van der Waals surface area (Å²) in [6.45, 7) is 2.69. The fourth-order valence-corrected chi connectivity index (χ4v) is 4.36. The number of para-hydroxylation sites is 2. The van der Waals surface area contributed by atoms with Crippen molar-refractivity contribution in [2.24, 2.45) is 0 Å². The summed E-state index contributed by atoms with van der Waals surface area (Å²) < 4.78 is 12.6. The van der Waals surface area contributed by atoms with Crippen LogP contribution in [0.15, 0.2) is 89.0 Å². The first-order valence-corrected chi connectivity index (χ1v) is 13.1. The molecule has 1 atom stereocenters. The molecule has 0 aliphatic rings. The second kappa shape index (κ2) is 12.6. The number of fused-ring (bicyclic) bond motifs is 1. The highest BCUT2D eigenvalue weighted by atomic mass is 127. The van der Waals surface area contributed by atoms with Crippen LogP contribution < -0.4 is 15.0 Å². The second-order valence-electron chi connectivity index (χ2n) is 8.82. The van der Waals surface area contributed by atoms with E-state index in [-0.39, 0.29) is 12.2 Å². The van der Waals surface area contributed by atoms with Gasteiger partial charge in [0.05, 0.1) is 6.54 Å². The van der Waals surface area contributed by atoms with Crippen molar-refractivity contribution in [1.82, 2.24) is 10.3 Å². The molecule has 1 aromatic heterocycles. The first-order chi connectivity index (χ1) is 18.3.